The van der Waals surface area contributed by atoms with Crippen LogP contribution in [-0.4, -0.2) is 28.5 Å². The molecule has 1 aromatic heterocycles. The maximum absolute atomic E-state index is 12.6. The average Bonchev–Trinajstić information content (AvgIpc) is 3.16. The van der Waals surface area contributed by atoms with E-state index in [1.54, 1.807) is 11.3 Å². The van der Waals surface area contributed by atoms with Crippen molar-refractivity contribution in [3.8, 4) is 0 Å². The molecule has 1 aliphatic heterocycles. The van der Waals surface area contributed by atoms with Gasteiger partial charge in [-0.25, -0.2) is 0 Å². The van der Waals surface area contributed by atoms with Gasteiger partial charge in [-0.2, -0.15) is 0 Å². The number of rotatable bonds is 4. The Labute approximate surface area is 135 Å². The first-order valence-electron chi connectivity index (χ1n) is 7.75. The Balaban J connectivity index is 1.69. The number of likely N-dealkylation sites (tertiary alicyclic amines) is 1. The Morgan fingerprint density at radius 3 is 2.77 bits per heavy atom. The Hall–Kier alpha value is -1.65. The number of aliphatic hydroxyl groups is 1. The van der Waals surface area contributed by atoms with Crippen molar-refractivity contribution in [1.82, 2.24) is 4.90 Å². The summed E-state index contributed by atoms with van der Waals surface area (Å²) in [5, 5.41) is 10.4. The molecule has 22 heavy (non-hydrogen) atoms. The van der Waals surface area contributed by atoms with E-state index in [4.69, 9.17) is 0 Å². The molecular formula is C18H21NO2S. The molecule has 116 valence electrons. The highest BCUT2D eigenvalue weighted by Gasteiger charge is 2.31. The molecule has 1 aromatic carbocycles. The normalized spacial score (nSPS) is 19.4. The van der Waals surface area contributed by atoms with E-state index in [9.17, 15) is 9.90 Å². The highest BCUT2D eigenvalue weighted by molar-refractivity contribution is 7.13. The summed E-state index contributed by atoms with van der Waals surface area (Å²) in [6.07, 6.45) is 2.09. The number of amides is 1. The maximum atomic E-state index is 12.6. The first-order chi connectivity index (χ1) is 10.6. The number of benzene rings is 1. The molecule has 0 saturated carbocycles. The van der Waals surface area contributed by atoms with Gasteiger partial charge in [-0.3, -0.25) is 4.79 Å². The molecule has 2 aromatic rings. The number of thiophene rings is 1. The SMILES string of the molecule is Cc1ccc(C(=O)N2CCCC2CC(O)c2ccccc2)s1. The van der Waals surface area contributed by atoms with E-state index in [0.717, 1.165) is 34.7 Å². The van der Waals surface area contributed by atoms with Crippen molar-refractivity contribution in [2.45, 2.75) is 38.3 Å². The Morgan fingerprint density at radius 2 is 2.09 bits per heavy atom. The largest absolute Gasteiger partial charge is 0.388 e. The van der Waals surface area contributed by atoms with Crippen LogP contribution >= 0.6 is 11.3 Å². The van der Waals surface area contributed by atoms with Gasteiger partial charge in [-0.15, -0.1) is 11.3 Å². The lowest BCUT2D eigenvalue weighted by atomic mass is 10.0. The van der Waals surface area contributed by atoms with E-state index in [1.807, 2.05) is 54.3 Å². The van der Waals surface area contributed by atoms with E-state index in [1.165, 1.54) is 0 Å². The molecule has 1 fully saturated rings. The molecule has 2 heterocycles. The fourth-order valence-corrected chi connectivity index (χ4v) is 3.93. The van der Waals surface area contributed by atoms with Crippen LogP contribution in [0.1, 0.15) is 45.5 Å². The number of hydrogen-bond donors (Lipinski definition) is 1. The second-order valence-electron chi connectivity index (χ2n) is 5.87. The van der Waals surface area contributed by atoms with Crippen molar-refractivity contribution < 1.29 is 9.90 Å². The predicted octanol–water partition coefficient (Wildman–Crippen LogP) is 3.78. The zero-order valence-corrected chi connectivity index (χ0v) is 13.6. The van der Waals surface area contributed by atoms with Crippen molar-refractivity contribution >= 4 is 17.2 Å². The van der Waals surface area contributed by atoms with E-state index < -0.39 is 6.10 Å². The van der Waals surface area contributed by atoms with E-state index in [-0.39, 0.29) is 11.9 Å². The molecule has 0 spiro atoms. The molecule has 1 saturated heterocycles. The second kappa shape index (κ2) is 6.63. The van der Waals surface area contributed by atoms with E-state index >= 15 is 0 Å². The summed E-state index contributed by atoms with van der Waals surface area (Å²) in [6.45, 7) is 2.81. The monoisotopic (exact) mass is 315 g/mol. The quantitative estimate of drug-likeness (QED) is 0.932. The highest BCUT2D eigenvalue weighted by Crippen LogP contribution is 2.29. The summed E-state index contributed by atoms with van der Waals surface area (Å²) in [5.41, 5.74) is 0.925. The standard InChI is InChI=1S/C18H21NO2S/c1-13-9-10-17(22-13)18(21)19-11-5-8-15(19)12-16(20)14-6-3-2-4-7-14/h2-4,6-7,9-10,15-16,20H,5,8,11-12H2,1H3. The molecule has 3 rings (SSSR count). The summed E-state index contributed by atoms with van der Waals surface area (Å²) in [6, 6.07) is 13.7. The molecular weight excluding hydrogens is 294 g/mol. The lowest BCUT2D eigenvalue weighted by Crippen LogP contribution is -2.36. The van der Waals surface area contributed by atoms with Crippen molar-refractivity contribution in [2.75, 3.05) is 6.54 Å². The maximum Gasteiger partial charge on any atom is 0.264 e. The third-order valence-corrected chi connectivity index (χ3v) is 5.26. The van der Waals surface area contributed by atoms with Gasteiger partial charge < -0.3 is 10.0 Å². The van der Waals surface area contributed by atoms with Crippen LogP contribution in [0, 0.1) is 6.92 Å². The summed E-state index contributed by atoms with van der Waals surface area (Å²) >= 11 is 1.55. The second-order valence-corrected chi connectivity index (χ2v) is 7.15. The van der Waals surface area contributed by atoms with Gasteiger partial charge in [-0.05, 0) is 43.9 Å². The minimum absolute atomic E-state index is 0.112. The van der Waals surface area contributed by atoms with Crippen molar-refractivity contribution in [2.24, 2.45) is 0 Å². The van der Waals surface area contributed by atoms with Crippen LogP contribution in [0.3, 0.4) is 0 Å². The zero-order valence-electron chi connectivity index (χ0n) is 12.7. The van der Waals surface area contributed by atoms with Crippen LogP contribution in [0.5, 0.6) is 0 Å². The predicted molar refractivity (Wildman–Crippen MR) is 89.1 cm³/mol. The van der Waals surface area contributed by atoms with E-state index in [2.05, 4.69) is 0 Å². The van der Waals surface area contributed by atoms with Crippen LogP contribution in [0.25, 0.3) is 0 Å². The molecule has 1 aliphatic rings. The van der Waals surface area contributed by atoms with Gasteiger partial charge in [0.1, 0.15) is 0 Å². The number of hydrogen-bond acceptors (Lipinski definition) is 3. The first-order valence-corrected chi connectivity index (χ1v) is 8.57. The number of nitrogens with zero attached hydrogens (tertiary/aromatic N) is 1. The first kappa shape index (κ1) is 15.3. The minimum atomic E-state index is -0.510. The fourth-order valence-electron chi connectivity index (χ4n) is 3.11. The number of carbonyl (C=O) groups is 1. The molecule has 3 nitrogen and oxygen atoms in total. The van der Waals surface area contributed by atoms with Gasteiger partial charge in [0.05, 0.1) is 11.0 Å². The Bertz CT molecular complexity index is 638. The Morgan fingerprint density at radius 1 is 1.32 bits per heavy atom. The number of aryl methyl sites for hydroxylation is 1. The molecule has 4 heteroatoms. The van der Waals surface area contributed by atoms with Crippen LogP contribution in [-0.2, 0) is 0 Å². The Kier molecular flexibility index (Phi) is 4.60. The number of aliphatic hydroxyl groups excluding tert-OH is 1. The van der Waals surface area contributed by atoms with Crippen LogP contribution in [0.2, 0.25) is 0 Å². The molecule has 0 bridgehead atoms. The minimum Gasteiger partial charge on any atom is -0.388 e. The summed E-state index contributed by atoms with van der Waals surface area (Å²) in [4.78, 5) is 16.5. The van der Waals surface area contributed by atoms with Gasteiger partial charge in [0, 0.05) is 17.5 Å². The summed E-state index contributed by atoms with van der Waals surface area (Å²) in [7, 11) is 0. The van der Waals surface area contributed by atoms with Crippen LogP contribution < -0.4 is 0 Å². The van der Waals surface area contributed by atoms with Gasteiger partial charge >= 0.3 is 0 Å². The third-order valence-electron chi connectivity index (χ3n) is 4.27. The zero-order chi connectivity index (χ0) is 15.5. The molecule has 1 amide bonds. The lowest BCUT2D eigenvalue weighted by molar-refractivity contribution is 0.0671. The van der Waals surface area contributed by atoms with Gasteiger partial charge in [0.25, 0.3) is 5.91 Å². The van der Waals surface area contributed by atoms with Gasteiger partial charge in [-0.1, -0.05) is 30.3 Å². The molecule has 0 aliphatic carbocycles. The lowest BCUT2D eigenvalue weighted by Gasteiger charge is -2.26. The summed E-state index contributed by atoms with van der Waals surface area (Å²) < 4.78 is 0. The third kappa shape index (κ3) is 3.23. The van der Waals surface area contributed by atoms with Gasteiger partial charge in [0.2, 0.25) is 0 Å². The molecule has 1 N–H and O–H groups in total. The van der Waals surface area contributed by atoms with Crippen LogP contribution in [0.15, 0.2) is 42.5 Å². The van der Waals surface area contributed by atoms with Crippen LogP contribution in [0.4, 0.5) is 0 Å². The fraction of sp³-hybridized carbons (Fsp3) is 0.389. The summed E-state index contributed by atoms with van der Waals surface area (Å²) in [5.74, 6) is 0.112. The molecule has 2 atom stereocenters. The van der Waals surface area contributed by atoms with Gasteiger partial charge in [0.15, 0.2) is 0 Å². The van der Waals surface area contributed by atoms with E-state index in [0.29, 0.717) is 6.42 Å². The average molecular weight is 315 g/mol. The molecule has 0 radical (unpaired) electrons. The van der Waals surface area contributed by atoms with Crippen molar-refractivity contribution in [3.63, 3.8) is 0 Å². The number of carbonyl (C=O) groups excluding carboxylic acids is 1. The van der Waals surface area contributed by atoms with Crippen molar-refractivity contribution in [1.29, 1.82) is 0 Å². The smallest absolute Gasteiger partial charge is 0.264 e. The topological polar surface area (TPSA) is 40.5 Å². The highest BCUT2D eigenvalue weighted by atomic mass is 32.1. The van der Waals surface area contributed by atoms with Crippen molar-refractivity contribution in [3.05, 3.63) is 57.8 Å². The molecule has 2 unspecified atom stereocenters.